The first-order valence-corrected chi connectivity index (χ1v) is 10.0. The number of rotatable bonds is 7. The number of hydrogen-bond acceptors (Lipinski definition) is 5. The molecule has 0 amide bonds. The van der Waals surface area contributed by atoms with E-state index in [1.165, 1.54) is 24.8 Å². The molecular weight excluding hydrogens is 479 g/mol. The smallest absolute Gasteiger partial charge is 0.191 e. The van der Waals surface area contributed by atoms with Crippen LogP contribution in [0.1, 0.15) is 36.6 Å². The third-order valence-electron chi connectivity index (χ3n) is 5.12. The normalized spacial score (nSPS) is 16.0. The minimum Gasteiger partial charge on any atom is -0.468 e. The Bertz CT molecular complexity index is 743. The van der Waals surface area contributed by atoms with Crippen LogP contribution in [0.5, 0.6) is 0 Å². The van der Waals surface area contributed by atoms with Gasteiger partial charge in [-0.3, -0.25) is 9.89 Å². The number of guanidine groups is 1. The first kappa shape index (κ1) is 23.5. The van der Waals surface area contributed by atoms with Crippen molar-refractivity contribution in [3.8, 4) is 0 Å². The molecule has 1 saturated heterocycles. The maximum Gasteiger partial charge on any atom is 0.191 e. The Morgan fingerprint density at radius 1 is 1.24 bits per heavy atom. The number of hydrogen-bond donors (Lipinski definition) is 2. The zero-order valence-corrected chi connectivity index (χ0v) is 19.9. The molecule has 1 aliphatic heterocycles. The summed E-state index contributed by atoms with van der Waals surface area (Å²) in [4.78, 5) is 13.3. The van der Waals surface area contributed by atoms with Crippen molar-refractivity contribution in [2.24, 2.45) is 4.99 Å². The number of aliphatic imine (C=N–C) groups is 1. The molecule has 3 rings (SSSR count). The predicted molar refractivity (Wildman–Crippen MR) is 129 cm³/mol. The summed E-state index contributed by atoms with van der Waals surface area (Å²) in [6.07, 6.45) is 7.41. The molecule has 1 fully saturated rings. The van der Waals surface area contributed by atoms with Crippen molar-refractivity contribution in [1.82, 2.24) is 20.5 Å². The lowest BCUT2D eigenvalue weighted by atomic mass is 10.1. The van der Waals surface area contributed by atoms with Gasteiger partial charge in [0.25, 0.3) is 0 Å². The number of nitrogens with zero attached hydrogens (tertiary/aromatic N) is 4. The van der Waals surface area contributed by atoms with E-state index in [0.717, 1.165) is 37.2 Å². The van der Waals surface area contributed by atoms with Crippen LogP contribution in [0.2, 0.25) is 0 Å². The Balaban J connectivity index is 0.00000300. The molecule has 0 aliphatic carbocycles. The van der Waals surface area contributed by atoms with Crippen LogP contribution in [-0.2, 0) is 6.54 Å². The Morgan fingerprint density at radius 2 is 2.03 bits per heavy atom. The van der Waals surface area contributed by atoms with E-state index in [-0.39, 0.29) is 30.0 Å². The minimum absolute atomic E-state index is 0. The van der Waals surface area contributed by atoms with Crippen molar-refractivity contribution >= 4 is 35.8 Å². The molecule has 7 nitrogen and oxygen atoms in total. The molecule has 3 heterocycles. The predicted octanol–water partition coefficient (Wildman–Crippen LogP) is 3.25. The summed E-state index contributed by atoms with van der Waals surface area (Å²) in [6, 6.07) is 8.35. The van der Waals surface area contributed by atoms with Crippen LogP contribution in [-0.4, -0.2) is 56.6 Å². The lowest BCUT2D eigenvalue weighted by molar-refractivity contribution is 0.146. The largest absolute Gasteiger partial charge is 0.468 e. The van der Waals surface area contributed by atoms with E-state index >= 15 is 0 Å². The number of furan rings is 1. The summed E-state index contributed by atoms with van der Waals surface area (Å²) in [5.74, 6) is 2.75. The van der Waals surface area contributed by atoms with Crippen LogP contribution in [0.3, 0.4) is 0 Å². The summed E-state index contributed by atoms with van der Waals surface area (Å²) in [6.45, 7) is 3.68. The van der Waals surface area contributed by atoms with Crippen molar-refractivity contribution < 1.29 is 4.42 Å². The molecule has 29 heavy (non-hydrogen) atoms. The molecule has 2 aromatic heterocycles. The first-order valence-electron chi connectivity index (χ1n) is 10.0. The highest BCUT2D eigenvalue weighted by Crippen LogP contribution is 2.24. The Labute approximate surface area is 191 Å². The van der Waals surface area contributed by atoms with Crippen molar-refractivity contribution in [2.75, 3.05) is 45.7 Å². The topological polar surface area (TPSA) is 68.9 Å². The number of aromatic nitrogens is 1. The van der Waals surface area contributed by atoms with Gasteiger partial charge in [-0.25, -0.2) is 4.98 Å². The lowest BCUT2D eigenvalue weighted by Gasteiger charge is -2.33. The third kappa shape index (κ3) is 6.88. The van der Waals surface area contributed by atoms with Crippen molar-refractivity contribution in [1.29, 1.82) is 0 Å². The van der Waals surface area contributed by atoms with Gasteiger partial charge in [0.05, 0.1) is 12.3 Å². The van der Waals surface area contributed by atoms with Gasteiger partial charge >= 0.3 is 0 Å². The van der Waals surface area contributed by atoms with Crippen LogP contribution in [0, 0.1) is 0 Å². The standard InChI is InChI=1S/C21H32N6O.HI/c1-22-21(24-15-17-9-10-23-20(14-17)26(2)3)25-16-18(19-8-7-13-28-19)27-11-5-4-6-12-27;/h7-10,13-14,18H,4-6,11-12,15-16H2,1-3H3,(H2,22,24,25);1H. The SMILES string of the molecule is CN=C(NCc1ccnc(N(C)C)c1)NCC(c1ccco1)N1CCCCC1.I. The molecule has 160 valence electrons. The minimum atomic E-state index is 0. The van der Waals surface area contributed by atoms with Crippen molar-refractivity contribution in [2.45, 2.75) is 31.8 Å². The van der Waals surface area contributed by atoms with Crippen LogP contribution in [0.15, 0.2) is 46.1 Å². The summed E-state index contributed by atoms with van der Waals surface area (Å²) in [5, 5.41) is 6.87. The van der Waals surface area contributed by atoms with Gasteiger partial charge in [0.2, 0.25) is 0 Å². The maximum atomic E-state index is 5.73. The van der Waals surface area contributed by atoms with Gasteiger partial charge in [-0.15, -0.1) is 24.0 Å². The average molecular weight is 512 g/mol. The van der Waals surface area contributed by atoms with Gasteiger partial charge in [-0.1, -0.05) is 6.42 Å². The van der Waals surface area contributed by atoms with Crippen molar-refractivity contribution in [3.63, 3.8) is 0 Å². The molecule has 0 radical (unpaired) electrons. The Morgan fingerprint density at radius 3 is 2.69 bits per heavy atom. The summed E-state index contributed by atoms with van der Waals surface area (Å²) in [7, 11) is 5.79. The molecule has 2 aromatic rings. The van der Waals surface area contributed by atoms with Gasteiger partial charge in [-0.2, -0.15) is 0 Å². The Kier molecular flexibility index (Phi) is 9.72. The van der Waals surface area contributed by atoms with Crippen LogP contribution in [0.4, 0.5) is 5.82 Å². The molecule has 0 aromatic carbocycles. The number of pyridine rings is 1. The van der Waals surface area contributed by atoms with E-state index in [0.29, 0.717) is 6.54 Å². The van der Waals surface area contributed by atoms with Crippen molar-refractivity contribution in [3.05, 3.63) is 48.0 Å². The highest BCUT2D eigenvalue weighted by atomic mass is 127. The van der Waals surface area contributed by atoms with Crippen LogP contribution in [0.25, 0.3) is 0 Å². The van der Waals surface area contributed by atoms with Gasteiger partial charge in [-0.05, 0) is 55.8 Å². The van der Waals surface area contributed by atoms with Gasteiger partial charge in [0, 0.05) is 40.4 Å². The molecule has 8 heteroatoms. The van der Waals surface area contributed by atoms with E-state index in [2.05, 4.69) is 37.6 Å². The molecule has 0 bridgehead atoms. The number of anilines is 1. The Hall–Kier alpha value is -1.81. The fraction of sp³-hybridized carbons (Fsp3) is 0.524. The third-order valence-corrected chi connectivity index (χ3v) is 5.12. The maximum absolute atomic E-state index is 5.73. The van der Waals surface area contributed by atoms with Gasteiger partial charge in [0.15, 0.2) is 5.96 Å². The molecular formula is C21H33IN6O. The summed E-state index contributed by atoms with van der Waals surface area (Å²) in [5.41, 5.74) is 1.17. The second kappa shape index (κ2) is 12.0. The van der Waals surface area contributed by atoms with E-state index in [9.17, 15) is 0 Å². The number of halogens is 1. The van der Waals surface area contributed by atoms with Crippen LogP contribution < -0.4 is 15.5 Å². The summed E-state index contributed by atoms with van der Waals surface area (Å²) < 4.78 is 5.73. The van der Waals surface area contributed by atoms with E-state index in [1.54, 1.807) is 13.3 Å². The second-order valence-corrected chi connectivity index (χ2v) is 7.35. The summed E-state index contributed by atoms with van der Waals surface area (Å²) >= 11 is 0. The van der Waals surface area contributed by atoms with Crippen LogP contribution >= 0.6 is 24.0 Å². The lowest BCUT2D eigenvalue weighted by Crippen LogP contribution is -2.44. The first-order chi connectivity index (χ1) is 13.7. The van der Waals surface area contributed by atoms with E-state index in [4.69, 9.17) is 4.42 Å². The highest BCUT2D eigenvalue weighted by Gasteiger charge is 2.24. The highest BCUT2D eigenvalue weighted by molar-refractivity contribution is 14.0. The van der Waals surface area contributed by atoms with E-state index < -0.39 is 0 Å². The molecule has 0 saturated carbocycles. The fourth-order valence-corrected chi connectivity index (χ4v) is 3.54. The molecule has 2 N–H and O–H groups in total. The van der Waals surface area contributed by atoms with Gasteiger partial charge in [0.1, 0.15) is 11.6 Å². The molecule has 1 atom stereocenters. The molecule has 0 spiro atoms. The number of likely N-dealkylation sites (tertiary alicyclic amines) is 1. The fourth-order valence-electron chi connectivity index (χ4n) is 3.54. The second-order valence-electron chi connectivity index (χ2n) is 7.35. The quantitative estimate of drug-likeness (QED) is 0.338. The monoisotopic (exact) mass is 512 g/mol. The number of nitrogens with one attached hydrogen (secondary N) is 2. The van der Waals surface area contributed by atoms with Gasteiger partial charge < -0.3 is 20.0 Å². The van der Waals surface area contributed by atoms with E-state index in [1.807, 2.05) is 37.3 Å². The number of piperidine rings is 1. The molecule has 1 unspecified atom stereocenters. The average Bonchev–Trinajstić information content (AvgIpc) is 3.26. The zero-order valence-electron chi connectivity index (χ0n) is 17.6. The molecule has 1 aliphatic rings. The zero-order chi connectivity index (χ0) is 19.8.